The minimum atomic E-state index is 0.300. The zero-order chi connectivity index (χ0) is 11.4. The number of halogens is 1. The number of rotatable bonds is 4. The molecule has 0 amide bonds. The standard InChI is InChI=1S/C13H18ClNO/c1-10(12-4-2-3-5-13(12)14)15-8-11-6-7-16-9-11/h2-5,10-11,15H,6-9H2,1H3/t10-,11?/m1/s1. The van der Waals surface area contributed by atoms with E-state index in [2.05, 4.69) is 18.3 Å². The summed E-state index contributed by atoms with van der Waals surface area (Å²) in [4.78, 5) is 0. The molecule has 1 N–H and O–H groups in total. The Morgan fingerprint density at radius 1 is 1.50 bits per heavy atom. The fourth-order valence-electron chi connectivity index (χ4n) is 2.02. The summed E-state index contributed by atoms with van der Waals surface area (Å²) in [7, 11) is 0. The Hall–Kier alpha value is -0.570. The topological polar surface area (TPSA) is 21.3 Å². The minimum absolute atomic E-state index is 0.300. The van der Waals surface area contributed by atoms with Gasteiger partial charge in [0.25, 0.3) is 0 Å². The highest BCUT2D eigenvalue weighted by Crippen LogP contribution is 2.22. The number of nitrogens with one attached hydrogen (secondary N) is 1. The van der Waals surface area contributed by atoms with E-state index in [9.17, 15) is 0 Å². The van der Waals surface area contributed by atoms with Crippen LogP contribution in [0.5, 0.6) is 0 Å². The van der Waals surface area contributed by atoms with E-state index in [1.165, 1.54) is 12.0 Å². The molecule has 1 unspecified atom stereocenters. The maximum Gasteiger partial charge on any atom is 0.0507 e. The monoisotopic (exact) mass is 239 g/mol. The van der Waals surface area contributed by atoms with Crippen LogP contribution < -0.4 is 5.32 Å². The molecule has 16 heavy (non-hydrogen) atoms. The second kappa shape index (κ2) is 5.67. The van der Waals surface area contributed by atoms with Gasteiger partial charge >= 0.3 is 0 Å². The van der Waals surface area contributed by atoms with E-state index >= 15 is 0 Å². The molecule has 0 spiro atoms. The third-order valence-corrected chi connectivity index (χ3v) is 3.45. The van der Waals surface area contributed by atoms with Crippen molar-refractivity contribution in [3.63, 3.8) is 0 Å². The zero-order valence-corrected chi connectivity index (χ0v) is 10.3. The number of ether oxygens (including phenoxy) is 1. The van der Waals surface area contributed by atoms with Crippen LogP contribution >= 0.6 is 11.6 Å². The van der Waals surface area contributed by atoms with Gasteiger partial charge in [0.15, 0.2) is 0 Å². The van der Waals surface area contributed by atoms with Crippen molar-refractivity contribution in [2.45, 2.75) is 19.4 Å². The molecule has 2 nitrogen and oxygen atoms in total. The molecule has 1 aromatic rings. The highest BCUT2D eigenvalue weighted by Gasteiger charge is 2.17. The summed E-state index contributed by atoms with van der Waals surface area (Å²) >= 11 is 6.15. The van der Waals surface area contributed by atoms with Crippen LogP contribution in [0, 0.1) is 5.92 Å². The molecule has 1 fully saturated rings. The van der Waals surface area contributed by atoms with Gasteiger partial charge in [0, 0.05) is 24.2 Å². The molecule has 0 aliphatic carbocycles. The van der Waals surface area contributed by atoms with Gasteiger partial charge in [0.1, 0.15) is 0 Å². The largest absolute Gasteiger partial charge is 0.381 e. The van der Waals surface area contributed by atoms with Crippen LogP contribution in [0.1, 0.15) is 24.9 Å². The van der Waals surface area contributed by atoms with Gasteiger partial charge < -0.3 is 10.1 Å². The molecule has 2 atom stereocenters. The van der Waals surface area contributed by atoms with E-state index in [-0.39, 0.29) is 0 Å². The summed E-state index contributed by atoms with van der Waals surface area (Å²) < 4.78 is 5.35. The van der Waals surface area contributed by atoms with Crippen LogP contribution in [-0.4, -0.2) is 19.8 Å². The molecule has 1 heterocycles. The summed E-state index contributed by atoms with van der Waals surface area (Å²) in [6.45, 7) is 4.96. The molecule has 2 rings (SSSR count). The van der Waals surface area contributed by atoms with Crippen LogP contribution in [-0.2, 0) is 4.74 Å². The molecule has 1 aliphatic heterocycles. The van der Waals surface area contributed by atoms with Gasteiger partial charge in [-0.25, -0.2) is 0 Å². The first-order valence-electron chi connectivity index (χ1n) is 5.83. The van der Waals surface area contributed by atoms with Gasteiger partial charge in [0.2, 0.25) is 0 Å². The predicted molar refractivity (Wildman–Crippen MR) is 66.8 cm³/mol. The summed E-state index contributed by atoms with van der Waals surface area (Å²) in [5, 5.41) is 4.36. The molecular weight excluding hydrogens is 222 g/mol. The lowest BCUT2D eigenvalue weighted by Crippen LogP contribution is -2.26. The quantitative estimate of drug-likeness (QED) is 0.872. The maximum atomic E-state index is 6.15. The molecular formula is C13H18ClNO. The molecule has 0 saturated carbocycles. The minimum Gasteiger partial charge on any atom is -0.381 e. The fraction of sp³-hybridized carbons (Fsp3) is 0.538. The van der Waals surface area contributed by atoms with Gasteiger partial charge in [-0.15, -0.1) is 0 Å². The van der Waals surface area contributed by atoms with Crippen molar-refractivity contribution in [1.29, 1.82) is 0 Å². The van der Waals surface area contributed by atoms with Crippen LogP contribution in [0.25, 0.3) is 0 Å². The third kappa shape index (κ3) is 2.97. The summed E-state index contributed by atoms with van der Waals surface area (Å²) in [6, 6.07) is 8.30. The van der Waals surface area contributed by atoms with E-state index < -0.39 is 0 Å². The molecule has 3 heteroatoms. The number of hydrogen-bond donors (Lipinski definition) is 1. The molecule has 0 bridgehead atoms. The lowest BCUT2D eigenvalue weighted by atomic mass is 10.1. The second-order valence-electron chi connectivity index (χ2n) is 4.38. The molecule has 0 aromatic heterocycles. The smallest absolute Gasteiger partial charge is 0.0507 e. The third-order valence-electron chi connectivity index (χ3n) is 3.11. The Kier molecular flexibility index (Phi) is 4.22. The average Bonchev–Trinajstić information content (AvgIpc) is 2.79. The Morgan fingerprint density at radius 3 is 3.00 bits per heavy atom. The molecule has 1 aromatic carbocycles. The maximum absolute atomic E-state index is 6.15. The van der Waals surface area contributed by atoms with Crippen molar-refractivity contribution in [3.8, 4) is 0 Å². The normalized spacial score (nSPS) is 22.2. The Balaban J connectivity index is 1.87. The van der Waals surface area contributed by atoms with Crippen molar-refractivity contribution >= 4 is 11.6 Å². The van der Waals surface area contributed by atoms with Gasteiger partial charge in [-0.3, -0.25) is 0 Å². The predicted octanol–water partition coefficient (Wildman–Crippen LogP) is 3.03. The Bertz CT molecular complexity index is 336. The van der Waals surface area contributed by atoms with Gasteiger partial charge in [0.05, 0.1) is 6.61 Å². The van der Waals surface area contributed by atoms with Crippen LogP contribution in [0.3, 0.4) is 0 Å². The van der Waals surface area contributed by atoms with Crippen LogP contribution in [0.15, 0.2) is 24.3 Å². The van der Waals surface area contributed by atoms with Crippen molar-refractivity contribution in [2.24, 2.45) is 5.92 Å². The number of benzene rings is 1. The molecule has 1 saturated heterocycles. The lowest BCUT2D eigenvalue weighted by Gasteiger charge is -2.17. The second-order valence-corrected chi connectivity index (χ2v) is 4.79. The highest BCUT2D eigenvalue weighted by molar-refractivity contribution is 6.31. The van der Waals surface area contributed by atoms with Crippen molar-refractivity contribution < 1.29 is 4.74 Å². The van der Waals surface area contributed by atoms with Gasteiger partial charge in [-0.05, 0) is 30.9 Å². The van der Waals surface area contributed by atoms with E-state index in [1.807, 2.05) is 18.2 Å². The first-order chi connectivity index (χ1) is 7.77. The van der Waals surface area contributed by atoms with Gasteiger partial charge in [-0.1, -0.05) is 29.8 Å². The van der Waals surface area contributed by atoms with Crippen molar-refractivity contribution in [3.05, 3.63) is 34.9 Å². The van der Waals surface area contributed by atoms with Crippen molar-refractivity contribution in [2.75, 3.05) is 19.8 Å². The molecule has 88 valence electrons. The van der Waals surface area contributed by atoms with E-state index in [1.54, 1.807) is 0 Å². The Morgan fingerprint density at radius 2 is 2.31 bits per heavy atom. The SMILES string of the molecule is C[C@@H](NCC1CCOC1)c1ccccc1Cl. The highest BCUT2D eigenvalue weighted by atomic mass is 35.5. The van der Waals surface area contributed by atoms with Crippen molar-refractivity contribution in [1.82, 2.24) is 5.32 Å². The van der Waals surface area contributed by atoms with Crippen LogP contribution in [0.2, 0.25) is 5.02 Å². The molecule has 1 aliphatic rings. The average molecular weight is 240 g/mol. The first-order valence-corrected chi connectivity index (χ1v) is 6.20. The number of hydrogen-bond acceptors (Lipinski definition) is 2. The van der Waals surface area contributed by atoms with Crippen LogP contribution in [0.4, 0.5) is 0 Å². The molecule has 0 radical (unpaired) electrons. The first kappa shape index (κ1) is 11.9. The Labute approximate surface area is 102 Å². The summed E-state index contributed by atoms with van der Waals surface area (Å²) in [5.41, 5.74) is 1.17. The summed E-state index contributed by atoms with van der Waals surface area (Å²) in [5.74, 6) is 0.657. The van der Waals surface area contributed by atoms with Gasteiger partial charge in [-0.2, -0.15) is 0 Å². The zero-order valence-electron chi connectivity index (χ0n) is 9.58. The van der Waals surface area contributed by atoms with E-state index in [0.717, 1.165) is 24.8 Å². The van der Waals surface area contributed by atoms with E-state index in [0.29, 0.717) is 12.0 Å². The fourth-order valence-corrected chi connectivity index (χ4v) is 2.32. The summed E-state index contributed by atoms with van der Waals surface area (Å²) in [6.07, 6.45) is 1.17. The lowest BCUT2D eigenvalue weighted by molar-refractivity contribution is 0.184. The van der Waals surface area contributed by atoms with E-state index in [4.69, 9.17) is 16.3 Å².